The number of aryl methyl sites for hydroxylation is 1. The van der Waals surface area contributed by atoms with Gasteiger partial charge in [-0.15, -0.1) is 0 Å². The first-order valence-corrected chi connectivity index (χ1v) is 12.4. The van der Waals surface area contributed by atoms with Crippen molar-refractivity contribution in [2.75, 3.05) is 17.2 Å². The smallest absolute Gasteiger partial charge is 0.369 e. The summed E-state index contributed by atoms with van der Waals surface area (Å²) in [6, 6.07) is 8.81. The fourth-order valence-corrected chi connectivity index (χ4v) is 4.74. The second-order valence-corrected chi connectivity index (χ2v) is 9.44. The van der Waals surface area contributed by atoms with E-state index in [0.717, 1.165) is 57.9 Å². The van der Waals surface area contributed by atoms with Crippen molar-refractivity contribution in [3.63, 3.8) is 0 Å². The van der Waals surface area contributed by atoms with Gasteiger partial charge in [-0.05, 0) is 48.4 Å². The minimum absolute atomic E-state index is 0.276. The summed E-state index contributed by atoms with van der Waals surface area (Å²) < 4.78 is 45.2. The Bertz CT molecular complexity index is 1750. The summed E-state index contributed by atoms with van der Waals surface area (Å²) in [5, 5.41) is 6.53. The highest BCUT2D eigenvalue weighted by Crippen LogP contribution is 2.39. The largest absolute Gasteiger partial charge is 0.416 e. The number of aromatic nitrogens is 6. The number of fused-ring (bicyclic) bond motifs is 3. The van der Waals surface area contributed by atoms with E-state index < -0.39 is 17.6 Å². The summed E-state index contributed by atoms with van der Waals surface area (Å²) in [6.45, 7) is 3.30. The van der Waals surface area contributed by atoms with Crippen LogP contribution in [0.2, 0.25) is 0 Å². The number of alkyl halides is 3. The van der Waals surface area contributed by atoms with Crippen LogP contribution in [0, 0.1) is 6.92 Å². The number of rotatable bonds is 4. The standard InChI is InChI=1S/C25H18F3N9OS/c1-13-2-3-16(34-22(38)19-9-15(4-5-29-19)25(26,27)28)10-17(13)18-8-14-11-31-23(36-24-32-12-33-39-24)35-20(14)37-7-6-30-21(18)37/h2-5,8-12,30H,6-7H2,1H3,(H,34,38). The highest BCUT2D eigenvalue weighted by molar-refractivity contribution is 7.09. The molecule has 5 heterocycles. The van der Waals surface area contributed by atoms with Crippen LogP contribution in [0.5, 0.6) is 0 Å². The summed E-state index contributed by atoms with van der Waals surface area (Å²) in [5.41, 5.74) is 2.83. The molecule has 0 atom stereocenters. The van der Waals surface area contributed by atoms with Gasteiger partial charge in [-0.1, -0.05) is 6.07 Å². The molecule has 0 aliphatic carbocycles. The number of nitrogens with zero attached hydrogens (tertiary/aromatic N) is 7. The molecule has 0 saturated heterocycles. The maximum absolute atomic E-state index is 13.1. The lowest BCUT2D eigenvalue weighted by molar-refractivity contribution is -0.137. The van der Waals surface area contributed by atoms with Crippen molar-refractivity contribution in [3.8, 4) is 22.5 Å². The Labute approximate surface area is 222 Å². The molecule has 0 spiro atoms. The van der Waals surface area contributed by atoms with Gasteiger partial charge in [0.05, 0.1) is 5.56 Å². The van der Waals surface area contributed by atoms with Crippen LogP contribution in [0.25, 0.3) is 22.5 Å². The van der Waals surface area contributed by atoms with Gasteiger partial charge in [-0.3, -0.25) is 9.78 Å². The summed E-state index contributed by atoms with van der Waals surface area (Å²) in [6.07, 6.45) is -0.499. The van der Waals surface area contributed by atoms with Crippen molar-refractivity contribution >= 4 is 34.1 Å². The first-order valence-electron chi connectivity index (χ1n) is 11.7. The van der Waals surface area contributed by atoms with E-state index in [2.05, 4.69) is 39.9 Å². The summed E-state index contributed by atoms with van der Waals surface area (Å²) in [4.78, 5) is 33.9. The zero-order valence-electron chi connectivity index (χ0n) is 20.2. The molecule has 2 N–H and O–H groups in total. The van der Waals surface area contributed by atoms with Crippen molar-refractivity contribution in [2.24, 2.45) is 4.99 Å². The highest BCUT2D eigenvalue weighted by atomic mass is 32.1. The molecule has 1 aromatic carbocycles. The van der Waals surface area contributed by atoms with Gasteiger partial charge >= 0.3 is 6.18 Å². The second kappa shape index (κ2) is 9.54. The van der Waals surface area contributed by atoms with E-state index >= 15 is 0 Å². The van der Waals surface area contributed by atoms with Gasteiger partial charge in [0.1, 0.15) is 23.7 Å². The van der Waals surface area contributed by atoms with Crippen LogP contribution in [0.3, 0.4) is 0 Å². The molecule has 3 aromatic rings. The lowest BCUT2D eigenvalue weighted by Crippen LogP contribution is -2.17. The lowest BCUT2D eigenvalue weighted by Gasteiger charge is -2.19. The molecule has 2 aromatic heterocycles. The van der Waals surface area contributed by atoms with E-state index in [1.165, 1.54) is 6.33 Å². The number of benzene rings is 1. The minimum Gasteiger partial charge on any atom is -0.369 e. The van der Waals surface area contributed by atoms with Crippen LogP contribution in [-0.4, -0.2) is 41.3 Å². The molecule has 196 valence electrons. The van der Waals surface area contributed by atoms with E-state index in [0.29, 0.717) is 29.7 Å². The van der Waals surface area contributed by atoms with Crippen LogP contribution in [0.1, 0.15) is 21.6 Å². The third kappa shape index (κ3) is 4.81. The lowest BCUT2D eigenvalue weighted by atomic mass is 9.98. The summed E-state index contributed by atoms with van der Waals surface area (Å²) >= 11 is 1.14. The number of hydrogen-bond donors (Lipinski definition) is 2. The van der Waals surface area contributed by atoms with Crippen molar-refractivity contribution in [1.82, 2.24) is 28.9 Å². The van der Waals surface area contributed by atoms with Gasteiger partial charge in [0.25, 0.3) is 11.5 Å². The second-order valence-electron chi connectivity index (χ2n) is 8.68. The number of carbonyl (C=O) groups excluding carboxylic acids is 1. The quantitative estimate of drug-likeness (QED) is 0.338. The van der Waals surface area contributed by atoms with Crippen LogP contribution in [-0.2, 0) is 12.7 Å². The summed E-state index contributed by atoms with van der Waals surface area (Å²) in [5.74, 6) is 0.802. The average Bonchev–Trinajstić information content (AvgIpc) is 3.62. The van der Waals surface area contributed by atoms with Gasteiger partial charge in [-0.2, -0.15) is 27.5 Å². The maximum Gasteiger partial charge on any atom is 0.416 e. The zero-order valence-corrected chi connectivity index (χ0v) is 21.0. The summed E-state index contributed by atoms with van der Waals surface area (Å²) in [7, 11) is 0. The van der Waals surface area contributed by atoms with Crippen molar-refractivity contribution in [2.45, 2.75) is 19.6 Å². The van der Waals surface area contributed by atoms with Gasteiger partial charge < -0.3 is 15.2 Å². The van der Waals surface area contributed by atoms with Crippen LogP contribution in [0.4, 0.5) is 29.8 Å². The predicted molar refractivity (Wildman–Crippen MR) is 138 cm³/mol. The Hall–Kier alpha value is -4.72. The van der Waals surface area contributed by atoms with E-state index in [1.54, 1.807) is 18.3 Å². The van der Waals surface area contributed by atoms with Crippen molar-refractivity contribution < 1.29 is 18.0 Å². The van der Waals surface area contributed by atoms with E-state index in [-0.39, 0.29) is 11.3 Å². The first kappa shape index (κ1) is 24.6. The third-order valence-corrected chi connectivity index (χ3v) is 6.70. The minimum atomic E-state index is -4.58. The molecule has 3 aliphatic heterocycles. The molecule has 1 amide bonds. The van der Waals surface area contributed by atoms with Crippen LogP contribution in [0.15, 0.2) is 60.1 Å². The number of hydrogen-bond acceptors (Lipinski definition) is 9. The molecule has 0 unspecified atom stereocenters. The highest BCUT2D eigenvalue weighted by Gasteiger charge is 2.31. The fraction of sp³-hybridized carbons (Fsp3) is 0.160. The molecule has 0 bridgehead atoms. The van der Waals surface area contributed by atoms with Gasteiger partial charge in [0.2, 0.25) is 5.13 Å². The Morgan fingerprint density at radius 3 is 2.79 bits per heavy atom. The Balaban J connectivity index is 1.38. The fourth-order valence-electron chi connectivity index (χ4n) is 4.34. The van der Waals surface area contributed by atoms with Crippen LogP contribution >= 0.6 is 11.5 Å². The van der Waals surface area contributed by atoms with E-state index in [9.17, 15) is 18.0 Å². The SMILES string of the molecule is Cc1ccc(NC(=O)c2cc(C(F)(F)F)ccn2)cc1-c1cc2cnc(=Nc3ncns3)nc-2n2c1NCC2. The Morgan fingerprint density at radius 1 is 1.13 bits per heavy atom. The molecule has 0 fully saturated rings. The number of halogens is 3. The van der Waals surface area contributed by atoms with Crippen molar-refractivity contribution in [3.05, 3.63) is 77.6 Å². The molecular weight excluding hydrogens is 531 g/mol. The Morgan fingerprint density at radius 2 is 2.00 bits per heavy atom. The first-order chi connectivity index (χ1) is 18.8. The number of carbonyl (C=O) groups is 1. The number of anilines is 2. The number of amides is 1. The molecular formula is C25H18F3N9OS. The molecule has 0 radical (unpaired) electrons. The normalized spacial score (nSPS) is 13.4. The van der Waals surface area contributed by atoms with Crippen LogP contribution < -0.4 is 16.3 Å². The molecule has 0 saturated carbocycles. The van der Waals surface area contributed by atoms with Gasteiger partial charge in [0, 0.05) is 53.8 Å². The molecule has 6 rings (SSSR count). The monoisotopic (exact) mass is 549 g/mol. The van der Waals surface area contributed by atoms with Gasteiger partial charge in [0.15, 0.2) is 0 Å². The molecule has 10 nitrogen and oxygen atoms in total. The molecule has 14 heteroatoms. The number of nitrogens with one attached hydrogen (secondary N) is 2. The van der Waals surface area contributed by atoms with E-state index in [4.69, 9.17) is 0 Å². The molecule has 39 heavy (non-hydrogen) atoms. The Kier molecular flexibility index (Phi) is 6.02. The van der Waals surface area contributed by atoms with Gasteiger partial charge in [-0.25, -0.2) is 9.97 Å². The third-order valence-electron chi connectivity index (χ3n) is 6.14. The topological polar surface area (TPSA) is 123 Å². The number of pyridine rings is 2. The average molecular weight is 550 g/mol. The maximum atomic E-state index is 13.1. The predicted octanol–water partition coefficient (Wildman–Crippen LogP) is 4.53. The zero-order chi connectivity index (χ0) is 27.1. The van der Waals surface area contributed by atoms with E-state index in [1.807, 2.05) is 23.6 Å². The molecule has 3 aliphatic rings. The van der Waals surface area contributed by atoms with Crippen molar-refractivity contribution in [1.29, 1.82) is 0 Å².